The lowest BCUT2D eigenvalue weighted by Crippen LogP contribution is -2.56. The molecule has 8 nitrogen and oxygen atoms in total. The summed E-state index contributed by atoms with van der Waals surface area (Å²) >= 11 is 3.45. The van der Waals surface area contributed by atoms with Crippen LogP contribution in [0.2, 0.25) is 0 Å². The summed E-state index contributed by atoms with van der Waals surface area (Å²) < 4.78 is 11.6. The van der Waals surface area contributed by atoms with Crippen LogP contribution in [0.1, 0.15) is 29.6 Å². The highest BCUT2D eigenvalue weighted by atomic mass is 79.9. The normalized spacial score (nSPS) is 20.7. The molecular formula is C23H33BrN4O4. The number of ether oxygens (including phenoxy) is 2. The SMILES string of the molecule is COc1ccc(Br)c(OC)c1C(=O)N1CCN(CC(=O)N2CCN(C3CCC3)CC2)CC1. The first-order valence-electron chi connectivity index (χ1n) is 11.5. The molecule has 4 rings (SSSR count). The second-order valence-corrected chi connectivity index (χ2v) is 9.58. The van der Waals surface area contributed by atoms with Crippen LogP contribution in [0.3, 0.4) is 0 Å². The molecule has 1 saturated carbocycles. The van der Waals surface area contributed by atoms with Crippen molar-refractivity contribution in [2.75, 3.05) is 73.1 Å². The molecule has 0 N–H and O–H groups in total. The van der Waals surface area contributed by atoms with Crippen molar-refractivity contribution in [3.05, 3.63) is 22.2 Å². The zero-order valence-electron chi connectivity index (χ0n) is 19.0. The lowest BCUT2D eigenvalue weighted by molar-refractivity contribution is -0.135. The zero-order chi connectivity index (χ0) is 22.7. The Morgan fingerprint density at radius 2 is 1.59 bits per heavy atom. The van der Waals surface area contributed by atoms with Gasteiger partial charge in [-0.15, -0.1) is 0 Å². The number of rotatable bonds is 6. The van der Waals surface area contributed by atoms with Gasteiger partial charge in [0.2, 0.25) is 5.91 Å². The number of hydrogen-bond acceptors (Lipinski definition) is 6. The highest BCUT2D eigenvalue weighted by Crippen LogP contribution is 2.36. The minimum absolute atomic E-state index is 0.113. The quantitative estimate of drug-likeness (QED) is 0.584. The van der Waals surface area contributed by atoms with Gasteiger partial charge in [0.25, 0.3) is 5.91 Å². The van der Waals surface area contributed by atoms with Crippen LogP contribution in [0.4, 0.5) is 0 Å². The number of amides is 2. The topological polar surface area (TPSA) is 65.6 Å². The molecule has 0 radical (unpaired) electrons. The van der Waals surface area contributed by atoms with E-state index in [-0.39, 0.29) is 11.8 Å². The molecule has 1 aromatic rings. The number of hydrogen-bond donors (Lipinski definition) is 0. The van der Waals surface area contributed by atoms with E-state index in [9.17, 15) is 9.59 Å². The Balaban J connectivity index is 1.29. The van der Waals surface area contributed by atoms with Gasteiger partial charge in [0.05, 0.1) is 25.2 Å². The van der Waals surface area contributed by atoms with Crippen LogP contribution in [0, 0.1) is 0 Å². The molecule has 3 aliphatic rings. The first kappa shape index (κ1) is 23.3. The Morgan fingerprint density at radius 3 is 2.16 bits per heavy atom. The van der Waals surface area contributed by atoms with Gasteiger partial charge in [-0.2, -0.15) is 0 Å². The van der Waals surface area contributed by atoms with E-state index in [0.29, 0.717) is 54.3 Å². The molecule has 0 unspecified atom stereocenters. The molecule has 0 bridgehead atoms. The van der Waals surface area contributed by atoms with Crippen molar-refractivity contribution in [3.63, 3.8) is 0 Å². The number of methoxy groups -OCH3 is 2. The van der Waals surface area contributed by atoms with E-state index >= 15 is 0 Å². The van der Waals surface area contributed by atoms with Crippen LogP contribution < -0.4 is 9.47 Å². The Labute approximate surface area is 198 Å². The molecule has 2 heterocycles. The van der Waals surface area contributed by atoms with E-state index in [0.717, 1.165) is 32.2 Å². The lowest BCUT2D eigenvalue weighted by Gasteiger charge is -2.43. The minimum Gasteiger partial charge on any atom is -0.496 e. The molecular weight excluding hydrogens is 476 g/mol. The first-order chi connectivity index (χ1) is 15.5. The van der Waals surface area contributed by atoms with Gasteiger partial charge in [0.15, 0.2) is 0 Å². The third-order valence-corrected chi connectivity index (χ3v) is 7.61. The average Bonchev–Trinajstić information content (AvgIpc) is 2.78. The largest absolute Gasteiger partial charge is 0.496 e. The minimum atomic E-state index is -0.113. The van der Waals surface area contributed by atoms with E-state index in [4.69, 9.17) is 9.47 Å². The fourth-order valence-electron chi connectivity index (χ4n) is 4.76. The van der Waals surface area contributed by atoms with Gasteiger partial charge < -0.3 is 19.3 Å². The van der Waals surface area contributed by atoms with Gasteiger partial charge in [0, 0.05) is 58.4 Å². The summed E-state index contributed by atoms with van der Waals surface area (Å²) in [7, 11) is 3.10. The van der Waals surface area contributed by atoms with Crippen LogP contribution >= 0.6 is 15.9 Å². The van der Waals surface area contributed by atoms with Crippen molar-refractivity contribution >= 4 is 27.7 Å². The third-order valence-electron chi connectivity index (χ3n) is 6.99. The fourth-order valence-corrected chi connectivity index (χ4v) is 5.25. The molecule has 3 fully saturated rings. The zero-order valence-corrected chi connectivity index (χ0v) is 20.6. The standard InChI is InChI=1S/C23H33BrN4O4/c1-31-19-7-6-18(24)22(32-2)21(19)23(30)28-10-8-25(9-11-28)16-20(29)27-14-12-26(13-15-27)17-4-3-5-17/h6-7,17H,3-5,8-16H2,1-2H3. The second-order valence-electron chi connectivity index (χ2n) is 8.73. The molecule has 0 spiro atoms. The molecule has 0 atom stereocenters. The number of nitrogens with zero attached hydrogens (tertiary/aromatic N) is 4. The van der Waals surface area contributed by atoms with Crippen molar-refractivity contribution in [2.24, 2.45) is 0 Å². The molecule has 2 amide bonds. The van der Waals surface area contributed by atoms with Crippen molar-refractivity contribution in [1.82, 2.24) is 19.6 Å². The van der Waals surface area contributed by atoms with Gasteiger partial charge >= 0.3 is 0 Å². The van der Waals surface area contributed by atoms with E-state index in [2.05, 4.69) is 25.7 Å². The maximum atomic E-state index is 13.2. The molecule has 32 heavy (non-hydrogen) atoms. The van der Waals surface area contributed by atoms with Crippen LogP contribution in [0.15, 0.2) is 16.6 Å². The summed E-state index contributed by atoms with van der Waals surface area (Å²) in [5.41, 5.74) is 0.429. The second kappa shape index (κ2) is 10.4. The Bertz CT molecular complexity index is 832. The lowest BCUT2D eigenvalue weighted by atomic mass is 9.91. The van der Waals surface area contributed by atoms with E-state index in [1.807, 2.05) is 15.9 Å². The van der Waals surface area contributed by atoms with E-state index in [1.165, 1.54) is 19.3 Å². The summed E-state index contributed by atoms with van der Waals surface area (Å²) in [5, 5.41) is 0. The van der Waals surface area contributed by atoms with Crippen molar-refractivity contribution in [2.45, 2.75) is 25.3 Å². The maximum Gasteiger partial charge on any atom is 0.261 e. The van der Waals surface area contributed by atoms with Gasteiger partial charge in [-0.25, -0.2) is 0 Å². The van der Waals surface area contributed by atoms with Crippen molar-refractivity contribution < 1.29 is 19.1 Å². The molecule has 2 aliphatic heterocycles. The maximum absolute atomic E-state index is 13.2. The molecule has 1 aromatic carbocycles. The predicted octanol–water partition coefficient (Wildman–Crippen LogP) is 1.92. The smallest absolute Gasteiger partial charge is 0.261 e. The highest BCUT2D eigenvalue weighted by molar-refractivity contribution is 9.10. The molecule has 0 aromatic heterocycles. The molecule has 1 aliphatic carbocycles. The van der Waals surface area contributed by atoms with Crippen LogP contribution in [0.5, 0.6) is 11.5 Å². The monoisotopic (exact) mass is 508 g/mol. The fraction of sp³-hybridized carbons (Fsp3) is 0.652. The Hall–Kier alpha value is -1.84. The van der Waals surface area contributed by atoms with Crippen LogP contribution in [0.25, 0.3) is 0 Å². The summed E-state index contributed by atoms with van der Waals surface area (Å²) in [6, 6.07) is 4.32. The molecule has 176 valence electrons. The van der Waals surface area contributed by atoms with E-state index < -0.39 is 0 Å². The number of carbonyl (C=O) groups excluding carboxylic acids is 2. The number of halogens is 1. The highest BCUT2D eigenvalue weighted by Gasteiger charge is 2.31. The van der Waals surface area contributed by atoms with Crippen molar-refractivity contribution in [3.8, 4) is 11.5 Å². The van der Waals surface area contributed by atoms with Crippen LogP contribution in [-0.4, -0.2) is 111 Å². The number of benzene rings is 1. The van der Waals surface area contributed by atoms with Crippen molar-refractivity contribution in [1.29, 1.82) is 0 Å². The summed E-state index contributed by atoms with van der Waals surface area (Å²) in [6.45, 7) is 6.57. The van der Waals surface area contributed by atoms with Gasteiger partial charge in [0.1, 0.15) is 17.1 Å². The number of piperazine rings is 2. The summed E-state index contributed by atoms with van der Waals surface area (Å²) in [6.07, 6.45) is 3.97. The summed E-state index contributed by atoms with van der Waals surface area (Å²) in [5.74, 6) is 1.06. The van der Waals surface area contributed by atoms with Gasteiger partial charge in [-0.05, 0) is 40.9 Å². The predicted molar refractivity (Wildman–Crippen MR) is 125 cm³/mol. The van der Waals surface area contributed by atoms with Crippen LogP contribution in [-0.2, 0) is 4.79 Å². The Morgan fingerprint density at radius 1 is 0.938 bits per heavy atom. The average molecular weight is 509 g/mol. The van der Waals surface area contributed by atoms with Gasteiger partial charge in [-0.3, -0.25) is 19.4 Å². The summed E-state index contributed by atoms with van der Waals surface area (Å²) in [4.78, 5) is 34.6. The first-order valence-corrected chi connectivity index (χ1v) is 12.2. The Kier molecular flexibility index (Phi) is 7.58. The number of carbonyl (C=O) groups is 2. The third kappa shape index (κ3) is 4.89. The van der Waals surface area contributed by atoms with Gasteiger partial charge in [-0.1, -0.05) is 6.42 Å². The van der Waals surface area contributed by atoms with E-state index in [1.54, 1.807) is 20.3 Å². The molecule has 2 saturated heterocycles. The molecule has 9 heteroatoms.